The van der Waals surface area contributed by atoms with Gasteiger partial charge in [-0.1, -0.05) is 36.9 Å². The number of sulfonamides is 1. The Balaban J connectivity index is 2.44. The van der Waals surface area contributed by atoms with Crippen LogP contribution >= 0.6 is 0 Å². The zero-order valence-corrected chi connectivity index (χ0v) is 9.34. The van der Waals surface area contributed by atoms with Crippen molar-refractivity contribution in [2.45, 2.75) is 13.5 Å². The first-order chi connectivity index (χ1) is 7.02. The number of benzene rings is 1. The van der Waals surface area contributed by atoms with Crippen molar-refractivity contribution >= 4 is 10.0 Å². The van der Waals surface area contributed by atoms with E-state index in [1.165, 1.54) is 6.92 Å². The molecule has 0 unspecified atom stereocenters. The van der Waals surface area contributed by atoms with Crippen LogP contribution in [0.25, 0.3) is 0 Å². The molecule has 0 aliphatic carbocycles. The lowest BCUT2D eigenvalue weighted by molar-refractivity contribution is 0.561. The minimum absolute atomic E-state index is 0.0862. The van der Waals surface area contributed by atoms with E-state index in [0.29, 0.717) is 6.54 Å². The molecule has 1 aromatic rings. The van der Waals surface area contributed by atoms with Crippen molar-refractivity contribution in [3.8, 4) is 0 Å². The molecule has 0 spiro atoms. The summed E-state index contributed by atoms with van der Waals surface area (Å²) in [6, 6.07) is 9.50. The van der Waals surface area contributed by atoms with Gasteiger partial charge in [-0.25, -0.2) is 13.8 Å². The fourth-order valence-corrected chi connectivity index (χ4v) is 1.35. The first kappa shape index (κ1) is 11.9. The molecule has 0 fully saturated rings. The van der Waals surface area contributed by atoms with Crippen molar-refractivity contribution in [2.75, 3.05) is 0 Å². The molecule has 0 bridgehead atoms. The normalized spacial score (nSPS) is 11.3. The van der Waals surface area contributed by atoms with Gasteiger partial charge in [-0.05, 0) is 12.5 Å². The van der Waals surface area contributed by atoms with Gasteiger partial charge in [0, 0.05) is 6.54 Å². The van der Waals surface area contributed by atoms with Crippen LogP contribution in [-0.4, -0.2) is 8.42 Å². The summed E-state index contributed by atoms with van der Waals surface area (Å²) >= 11 is 0. The molecule has 2 N–H and O–H groups in total. The smallest absolute Gasteiger partial charge is 0.239 e. The molecule has 0 aromatic heterocycles. The third-order valence-electron chi connectivity index (χ3n) is 1.80. The maximum atomic E-state index is 11.2. The second-order valence-electron chi connectivity index (χ2n) is 3.15. The standard InChI is InChI=1S/C10H14N2O2S/c1-9(2)15(13,14)12-11-8-10-6-4-3-5-7-10/h3-7,11-12H,1,8H2,2H3. The number of hydrogen-bond donors (Lipinski definition) is 2. The summed E-state index contributed by atoms with van der Waals surface area (Å²) in [5, 5.41) is 0. The van der Waals surface area contributed by atoms with Gasteiger partial charge < -0.3 is 0 Å². The molecule has 0 atom stereocenters. The highest BCUT2D eigenvalue weighted by Gasteiger charge is 2.08. The Kier molecular flexibility index (Phi) is 4.02. The first-order valence-electron chi connectivity index (χ1n) is 4.46. The predicted octanol–water partition coefficient (Wildman–Crippen LogP) is 1.14. The van der Waals surface area contributed by atoms with Crippen LogP contribution in [0, 0.1) is 0 Å². The average Bonchev–Trinajstić information content (AvgIpc) is 2.19. The lowest BCUT2D eigenvalue weighted by Gasteiger charge is -2.07. The van der Waals surface area contributed by atoms with Crippen LogP contribution in [0.3, 0.4) is 0 Å². The van der Waals surface area contributed by atoms with Crippen LogP contribution < -0.4 is 10.3 Å². The minimum Gasteiger partial charge on any atom is -0.239 e. The Morgan fingerprint density at radius 2 is 1.93 bits per heavy atom. The second-order valence-corrected chi connectivity index (χ2v) is 5.05. The molecule has 15 heavy (non-hydrogen) atoms. The van der Waals surface area contributed by atoms with Crippen LogP contribution in [0.4, 0.5) is 0 Å². The third kappa shape index (κ3) is 3.83. The molecule has 0 radical (unpaired) electrons. The molecule has 4 nitrogen and oxygen atoms in total. The van der Waals surface area contributed by atoms with Crippen LogP contribution in [0.2, 0.25) is 0 Å². The molecule has 82 valence electrons. The molecule has 0 aliphatic rings. The van der Waals surface area contributed by atoms with E-state index in [1.807, 2.05) is 30.3 Å². The van der Waals surface area contributed by atoms with E-state index in [1.54, 1.807) is 0 Å². The van der Waals surface area contributed by atoms with Crippen molar-refractivity contribution < 1.29 is 8.42 Å². The highest BCUT2D eigenvalue weighted by atomic mass is 32.2. The van der Waals surface area contributed by atoms with Gasteiger partial charge in [-0.2, -0.15) is 0 Å². The van der Waals surface area contributed by atoms with Crippen LogP contribution in [-0.2, 0) is 16.6 Å². The lowest BCUT2D eigenvalue weighted by Crippen LogP contribution is -2.36. The molecule has 1 rings (SSSR count). The van der Waals surface area contributed by atoms with Crippen molar-refractivity contribution in [1.82, 2.24) is 10.3 Å². The maximum Gasteiger partial charge on any atom is 0.248 e. The summed E-state index contributed by atoms with van der Waals surface area (Å²) in [5.41, 5.74) is 3.63. The SMILES string of the molecule is C=C(C)S(=O)(=O)NNCc1ccccc1. The Hall–Kier alpha value is -1.17. The quantitative estimate of drug-likeness (QED) is 0.740. The van der Waals surface area contributed by atoms with Crippen LogP contribution in [0.15, 0.2) is 41.8 Å². The number of hydrazine groups is 1. The van der Waals surface area contributed by atoms with E-state index in [2.05, 4.69) is 16.8 Å². The molecular weight excluding hydrogens is 212 g/mol. The van der Waals surface area contributed by atoms with Crippen LogP contribution in [0.5, 0.6) is 0 Å². The van der Waals surface area contributed by atoms with Gasteiger partial charge in [-0.15, -0.1) is 4.83 Å². The predicted molar refractivity (Wildman–Crippen MR) is 60.2 cm³/mol. The van der Waals surface area contributed by atoms with Gasteiger partial charge in [-0.3, -0.25) is 0 Å². The summed E-state index contributed by atoms with van der Waals surface area (Å²) < 4.78 is 22.5. The Morgan fingerprint density at radius 1 is 1.33 bits per heavy atom. The minimum atomic E-state index is -3.42. The summed E-state index contributed by atoms with van der Waals surface area (Å²) in [6.07, 6.45) is 0. The molecule has 0 heterocycles. The molecule has 1 aromatic carbocycles. The summed E-state index contributed by atoms with van der Waals surface area (Å²) in [4.78, 5) is 2.32. The molecule has 0 amide bonds. The van der Waals surface area contributed by atoms with Crippen molar-refractivity contribution in [3.05, 3.63) is 47.4 Å². The van der Waals surface area contributed by atoms with Gasteiger partial charge in [0.15, 0.2) is 0 Å². The fraction of sp³-hybridized carbons (Fsp3) is 0.200. The zero-order valence-electron chi connectivity index (χ0n) is 8.53. The fourth-order valence-electron chi connectivity index (χ4n) is 0.916. The maximum absolute atomic E-state index is 11.2. The molecule has 0 saturated heterocycles. The highest BCUT2D eigenvalue weighted by molar-refractivity contribution is 7.93. The third-order valence-corrected chi connectivity index (χ3v) is 3.13. The van der Waals surface area contributed by atoms with E-state index in [4.69, 9.17) is 0 Å². The topological polar surface area (TPSA) is 58.2 Å². The van der Waals surface area contributed by atoms with Crippen molar-refractivity contribution in [1.29, 1.82) is 0 Å². The Morgan fingerprint density at radius 3 is 2.47 bits per heavy atom. The lowest BCUT2D eigenvalue weighted by atomic mass is 10.2. The number of allylic oxidation sites excluding steroid dienone is 1. The van der Waals surface area contributed by atoms with Crippen molar-refractivity contribution in [2.24, 2.45) is 0 Å². The Bertz CT molecular complexity index is 426. The molecule has 0 aliphatic heterocycles. The molecule has 0 saturated carbocycles. The van der Waals surface area contributed by atoms with Gasteiger partial charge >= 0.3 is 0 Å². The highest BCUT2D eigenvalue weighted by Crippen LogP contribution is 1.99. The number of hydrogen-bond acceptors (Lipinski definition) is 3. The summed E-state index contributed by atoms with van der Waals surface area (Å²) in [6.45, 7) is 5.24. The number of nitrogens with one attached hydrogen (secondary N) is 2. The number of rotatable bonds is 5. The molecule has 5 heteroatoms. The van der Waals surface area contributed by atoms with Gasteiger partial charge in [0.2, 0.25) is 10.0 Å². The van der Waals surface area contributed by atoms with Gasteiger partial charge in [0.1, 0.15) is 0 Å². The molecular formula is C10H14N2O2S. The summed E-state index contributed by atoms with van der Waals surface area (Å²) in [7, 11) is -3.42. The van der Waals surface area contributed by atoms with Crippen molar-refractivity contribution in [3.63, 3.8) is 0 Å². The Labute approximate surface area is 90.0 Å². The van der Waals surface area contributed by atoms with E-state index in [0.717, 1.165) is 5.56 Å². The first-order valence-corrected chi connectivity index (χ1v) is 5.95. The van der Waals surface area contributed by atoms with E-state index in [-0.39, 0.29) is 4.91 Å². The average molecular weight is 226 g/mol. The van der Waals surface area contributed by atoms with Crippen LogP contribution in [0.1, 0.15) is 12.5 Å². The van der Waals surface area contributed by atoms with Gasteiger partial charge in [0.05, 0.1) is 4.91 Å². The largest absolute Gasteiger partial charge is 0.248 e. The van der Waals surface area contributed by atoms with E-state index >= 15 is 0 Å². The van der Waals surface area contributed by atoms with Gasteiger partial charge in [0.25, 0.3) is 0 Å². The second kappa shape index (κ2) is 5.06. The van der Waals surface area contributed by atoms with E-state index in [9.17, 15) is 8.42 Å². The zero-order chi connectivity index (χ0) is 11.3. The van der Waals surface area contributed by atoms with E-state index < -0.39 is 10.0 Å². The monoisotopic (exact) mass is 226 g/mol. The summed E-state index contributed by atoms with van der Waals surface area (Å²) in [5.74, 6) is 0.